The van der Waals surface area contributed by atoms with Crippen LogP contribution >= 0.6 is 0 Å². The second-order valence-electron chi connectivity index (χ2n) is 5.97. The summed E-state index contributed by atoms with van der Waals surface area (Å²) in [5.41, 5.74) is 1.43. The van der Waals surface area contributed by atoms with Gasteiger partial charge in [0.05, 0.1) is 4.92 Å². The van der Waals surface area contributed by atoms with Gasteiger partial charge in [-0.1, -0.05) is 6.58 Å². The molecule has 0 heterocycles. The molecule has 0 aromatic heterocycles. The largest absolute Gasteiger partial charge is 0.427 e. The van der Waals surface area contributed by atoms with Crippen LogP contribution in [0.4, 0.5) is 5.69 Å². The monoisotopic (exact) mass is 415 g/mol. The van der Waals surface area contributed by atoms with Gasteiger partial charge in [0.15, 0.2) is 0 Å². The first-order valence-electron chi connectivity index (χ1n) is 8.59. The van der Waals surface area contributed by atoms with Gasteiger partial charge in [0.25, 0.3) is 5.69 Å². The van der Waals surface area contributed by atoms with Crippen molar-refractivity contribution in [2.75, 3.05) is 0 Å². The van der Waals surface area contributed by atoms with E-state index in [1.165, 1.54) is 51.1 Å². The minimum Gasteiger partial charge on any atom is -0.427 e. The Balaban J connectivity index is 0.000000311. The number of benzene rings is 2. The fraction of sp³-hybridized carbons (Fsp3) is 0.190. The van der Waals surface area contributed by atoms with Gasteiger partial charge in [-0.05, 0) is 36.8 Å². The Bertz CT molecular complexity index is 963. The van der Waals surface area contributed by atoms with Crippen molar-refractivity contribution < 1.29 is 33.5 Å². The maximum absolute atomic E-state index is 11.0. The molecule has 0 bridgehead atoms. The number of hydrogen-bond acceptors (Lipinski definition) is 8. The zero-order valence-corrected chi connectivity index (χ0v) is 17.0. The van der Waals surface area contributed by atoms with E-state index in [4.69, 9.17) is 9.47 Å². The van der Waals surface area contributed by atoms with E-state index in [1.807, 2.05) is 0 Å². The molecule has 0 aliphatic rings. The Morgan fingerprint density at radius 1 is 0.800 bits per heavy atom. The van der Waals surface area contributed by atoms with Gasteiger partial charge >= 0.3 is 17.9 Å². The van der Waals surface area contributed by atoms with Gasteiger partial charge in [-0.2, -0.15) is 0 Å². The number of nitro benzene ring substituents is 1. The van der Waals surface area contributed by atoms with Crippen molar-refractivity contribution in [3.05, 3.63) is 64.7 Å². The number of allylic oxidation sites excluding steroid dienone is 1. The minimum atomic E-state index is -0.516. The quantitative estimate of drug-likeness (QED) is 0.310. The molecule has 0 saturated heterocycles. The second kappa shape index (κ2) is 11.1. The fourth-order valence-corrected chi connectivity index (χ4v) is 2.13. The minimum absolute atomic E-state index is 0.0316. The van der Waals surface area contributed by atoms with Gasteiger partial charge in [-0.25, -0.2) is 0 Å². The van der Waals surface area contributed by atoms with Crippen LogP contribution in [0.15, 0.2) is 49.0 Å². The van der Waals surface area contributed by atoms with E-state index in [1.54, 1.807) is 19.1 Å². The number of carbonyl (C=O) groups excluding carboxylic acids is 3. The Labute approximate surface area is 173 Å². The molecule has 2 aromatic rings. The number of non-ortho nitro benzene ring substituents is 1. The zero-order valence-electron chi connectivity index (χ0n) is 17.0. The molecule has 0 atom stereocenters. The summed E-state index contributed by atoms with van der Waals surface area (Å²) in [4.78, 5) is 42.0. The summed E-state index contributed by atoms with van der Waals surface area (Å²) in [6.07, 6.45) is 0. The van der Waals surface area contributed by atoms with Gasteiger partial charge in [0.1, 0.15) is 17.2 Å². The maximum Gasteiger partial charge on any atom is 0.308 e. The molecule has 0 spiro atoms. The number of nitrogens with zero attached hydrogens (tertiary/aromatic N) is 1. The summed E-state index contributed by atoms with van der Waals surface area (Å²) in [5, 5.41) is 10.2. The highest BCUT2D eigenvalue weighted by molar-refractivity contribution is 5.76. The van der Waals surface area contributed by atoms with Crippen LogP contribution in [-0.2, 0) is 14.4 Å². The van der Waals surface area contributed by atoms with Crippen LogP contribution in [-0.4, -0.2) is 22.8 Å². The van der Waals surface area contributed by atoms with E-state index in [9.17, 15) is 24.5 Å². The third-order valence-electron chi connectivity index (χ3n) is 3.24. The van der Waals surface area contributed by atoms with Crippen molar-refractivity contribution in [2.45, 2.75) is 27.7 Å². The first-order chi connectivity index (χ1) is 14.0. The number of hydrogen-bond donors (Lipinski definition) is 0. The summed E-state index contributed by atoms with van der Waals surface area (Å²) < 4.78 is 14.6. The maximum atomic E-state index is 11.0. The molecule has 0 amide bonds. The highest BCUT2D eigenvalue weighted by atomic mass is 16.6. The molecule has 9 heteroatoms. The van der Waals surface area contributed by atoms with Gasteiger partial charge in [0.2, 0.25) is 0 Å². The van der Waals surface area contributed by atoms with Crippen LogP contribution in [0.25, 0.3) is 5.57 Å². The Morgan fingerprint density at radius 2 is 1.27 bits per heavy atom. The lowest BCUT2D eigenvalue weighted by molar-refractivity contribution is -0.384. The lowest BCUT2D eigenvalue weighted by Gasteiger charge is -2.10. The molecular weight excluding hydrogens is 394 g/mol. The molecule has 0 radical (unpaired) electrons. The molecule has 0 aliphatic heterocycles. The summed E-state index contributed by atoms with van der Waals surface area (Å²) >= 11 is 0. The molecule has 0 unspecified atom stereocenters. The molecule has 158 valence electrons. The molecular formula is C21H21NO8. The van der Waals surface area contributed by atoms with Crippen LogP contribution in [0.2, 0.25) is 0 Å². The van der Waals surface area contributed by atoms with Gasteiger partial charge < -0.3 is 14.2 Å². The highest BCUT2D eigenvalue weighted by Gasteiger charge is 2.10. The fourth-order valence-electron chi connectivity index (χ4n) is 2.13. The lowest BCUT2D eigenvalue weighted by atomic mass is 10.1. The number of rotatable bonds is 5. The predicted octanol–water partition coefficient (Wildman–Crippen LogP) is 4.09. The van der Waals surface area contributed by atoms with Crippen LogP contribution in [0.1, 0.15) is 33.3 Å². The van der Waals surface area contributed by atoms with Crippen LogP contribution in [0, 0.1) is 10.1 Å². The molecule has 2 aromatic carbocycles. The van der Waals surface area contributed by atoms with Gasteiger partial charge in [0, 0.05) is 44.5 Å². The summed E-state index contributed by atoms with van der Waals surface area (Å²) in [7, 11) is 0. The predicted molar refractivity (Wildman–Crippen MR) is 108 cm³/mol. The highest BCUT2D eigenvalue weighted by Crippen LogP contribution is 2.29. The molecule has 2 rings (SSSR count). The SMILES string of the molecule is C=C(C)c1ccc(OC(C)=O)cc1OC(C)=O.CC(=O)Oc1ccc([N+](=O)[O-])cc1. The topological polar surface area (TPSA) is 122 Å². The molecule has 30 heavy (non-hydrogen) atoms. The van der Waals surface area contributed by atoms with E-state index in [-0.39, 0.29) is 5.69 Å². The van der Waals surface area contributed by atoms with Crippen LogP contribution in [0.3, 0.4) is 0 Å². The first kappa shape index (κ1) is 24.0. The number of ether oxygens (including phenoxy) is 3. The van der Waals surface area contributed by atoms with Crippen LogP contribution in [0.5, 0.6) is 17.2 Å². The molecule has 0 saturated carbocycles. The Hall–Kier alpha value is -4.01. The first-order valence-corrected chi connectivity index (χ1v) is 8.59. The summed E-state index contributed by atoms with van der Waals surface area (Å²) in [5.74, 6) is -0.344. The van der Waals surface area contributed by atoms with Crippen molar-refractivity contribution in [1.29, 1.82) is 0 Å². The van der Waals surface area contributed by atoms with Crippen molar-refractivity contribution in [3.63, 3.8) is 0 Å². The third kappa shape index (κ3) is 8.34. The lowest BCUT2D eigenvalue weighted by Crippen LogP contribution is -2.05. The number of nitro groups is 1. The van der Waals surface area contributed by atoms with Gasteiger partial charge in [-0.15, -0.1) is 0 Å². The van der Waals surface area contributed by atoms with Crippen molar-refractivity contribution in [2.24, 2.45) is 0 Å². The second-order valence-corrected chi connectivity index (χ2v) is 5.97. The van der Waals surface area contributed by atoms with E-state index >= 15 is 0 Å². The summed E-state index contributed by atoms with van der Waals surface area (Å²) in [6.45, 7) is 9.46. The average molecular weight is 415 g/mol. The summed E-state index contributed by atoms with van der Waals surface area (Å²) in [6, 6.07) is 10.1. The van der Waals surface area contributed by atoms with Gasteiger partial charge in [-0.3, -0.25) is 24.5 Å². The van der Waals surface area contributed by atoms with E-state index in [2.05, 4.69) is 11.3 Å². The van der Waals surface area contributed by atoms with Crippen LogP contribution < -0.4 is 14.2 Å². The Morgan fingerprint density at radius 3 is 1.70 bits per heavy atom. The zero-order chi connectivity index (χ0) is 22.8. The molecule has 0 N–H and O–H groups in total. The normalized spacial score (nSPS) is 9.47. The average Bonchev–Trinajstić information content (AvgIpc) is 2.61. The third-order valence-corrected chi connectivity index (χ3v) is 3.24. The van der Waals surface area contributed by atoms with Crippen molar-refractivity contribution in [3.8, 4) is 17.2 Å². The molecule has 9 nitrogen and oxygen atoms in total. The number of carbonyl (C=O) groups is 3. The van der Waals surface area contributed by atoms with E-state index in [0.29, 0.717) is 22.8 Å². The van der Waals surface area contributed by atoms with E-state index < -0.39 is 22.8 Å². The number of esters is 3. The molecule has 0 fully saturated rings. The Kier molecular flexibility index (Phi) is 8.89. The van der Waals surface area contributed by atoms with E-state index in [0.717, 1.165) is 5.57 Å². The standard InChI is InChI=1S/C13H14O4.C8H7NO4/c1-8(2)12-6-5-11(16-9(3)14)7-13(12)17-10(4)15;1-6(10)13-8-4-2-7(3-5-8)9(11)12/h5-7H,1H2,2-4H3;2-5H,1H3. The van der Waals surface area contributed by atoms with Crippen molar-refractivity contribution in [1.82, 2.24) is 0 Å². The van der Waals surface area contributed by atoms with Crippen molar-refractivity contribution >= 4 is 29.2 Å². The smallest absolute Gasteiger partial charge is 0.308 e. The molecule has 0 aliphatic carbocycles.